The highest BCUT2D eigenvalue weighted by molar-refractivity contribution is 9.10. The van der Waals surface area contributed by atoms with E-state index in [0.717, 1.165) is 21.1 Å². The lowest BCUT2D eigenvalue weighted by Gasteiger charge is -2.07. The van der Waals surface area contributed by atoms with Gasteiger partial charge in [-0.1, -0.05) is 22.0 Å². The van der Waals surface area contributed by atoms with Crippen LogP contribution in [-0.4, -0.2) is 9.55 Å². The van der Waals surface area contributed by atoms with Crippen molar-refractivity contribution in [1.82, 2.24) is 9.55 Å². The summed E-state index contributed by atoms with van der Waals surface area (Å²) in [5.74, 6) is -0.287. The number of nitrogens with one attached hydrogen (secondary N) is 1. The van der Waals surface area contributed by atoms with E-state index in [1.807, 2.05) is 25.1 Å². The number of benzene rings is 2. The fourth-order valence-electron chi connectivity index (χ4n) is 2.12. The topological polar surface area (TPSA) is 20.7 Å². The van der Waals surface area contributed by atoms with Crippen molar-refractivity contribution in [2.75, 3.05) is 0 Å². The lowest BCUT2D eigenvalue weighted by Crippen LogP contribution is -1.98. The molecule has 96 valence electrons. The molecule has 5 heteroatoms. The molecule has 1 heterocycles. The van der Waals surface area contributed by atoms with Crippen molar-refractivity contribution in [2.45, 2.75) is 6.92 Å². The van der Waals surface area contributed by atoms with Gasteiger partial charge < -0.3 is 4.98 Å². The summed E-state index contributed by atoms with van der Waals surface area (Å²) in [5, 5.41) is 0. The van der Waals surface area contributed by atoms with Crippen molar-refractivity contribution < 1.29 is 4.39 Å². The summed E-state index contributed by atoms with van der Waals surface area (Å²) < 4.78 is 17.2. The van der Waals surface area contributed by atoms with Gasteiger partial charge in [-0.15, -0.1) is 0 Å². The van der Waals surface area contributed by atoms with Gasteiger partial charge in [-0.05, 0) is 55.0 Å². The molecule has 1 N–H and O–H groups in total. The van der Waals surface area contributed by atoms with Crippen LogP contribution in [0, 0.1) is 17.5 Å². The summed E-state index contributed by atoms with van der Waals surface area (Å²) in [4.78, 5) is 3.09. The zero-order valence-electron chi connectivity index (χ0n) is 10.1. The first-order valence-corrected chi connectivity index (χ1v) is 6.93. The Hall–Kier alpha value is -1.46. The molecule has 2 aromatic carbocycles. The first-order valence-electron chi connectivity index (χ1n) is 5.73. The number of nitrogens with zero attached hydrogens (tertiary/aromatic N) is 1. The Morgan fingerprint density at radius 2 is 2.00 bits per heavy atom. The summed E-state index contributed by atoms with van der Waals surface area (Å²) >= 11 is 8.72. The van der Waals surface area contributed by atoms with Crippen molar-refractivity contribution in [2.24, 2.45) is 0 Å². The van der Waals surface area contributed by atoms with Gasteiger partial charge in [-0.25, -0.2) is 4.39 Å². The van der Waals surface area contributed by atoms with Crippen LogP contribution in [0.3, 0.4) is 0 Å². The van der Waals surface area contributed by atoms with Crippen molar-refractivity contribution in [1.29, 1.82) is 0 Å². The van der Waals surface area contributed by atoms with Crippen molar-refractivity contribution in [3.05, 3.63) is 57.0 Å². The predicted molar refractivity (Wildman–Crippen MR) is 80.9 cm³/mol. The van der Waals surface area contributed by atoms with E-state index in [9.17, 15) is 4.39 Å². The summed E-state index contributed by atoms with van der Waals surface area (Å²) in [6.07, 6.45) is 0. The van der Waals surface area contributed by atoms with E-state index in [0.29, 0.717) is 10.5 Å². The Labute approximate surface area is 123 Å². The van der Waals surface area contributed by atoms with Crippen LogP contribution in [-0.2, 0) is 0 Å². The van der Waals surface area contributed by atoms with Crippen LogP contribution in [0.15, 0.2) is 40.9 Å². The molecular formula is C14H10BrFN2S. The van der Waals surface area contributed by atoms with Gasteiger partial charge in [0.1, 0.15) is 5.82 Å². The zero-order valence-corrected chi connectivity index (χ0v) is 12.5. The molecular weight excluding hydrogens is 327 g/mol. The minimum Gasteiger partial charge on any atom is -0.330 e. The molecule has 0 aliphatic carbocycles. The molecule has 0 amide bonds. The molecule has 0 radical (unpaired) electrons. The number of hydrogen-bond donors (Lipinski definition) is 1. The average molecular weight is 337 g/mol. The third kappa shape index (κ3) is 2.13. The third-order valence-electron chi connectivity index (χ3n) is 2.99. The number of fused-ring (bicyclic) bond motifs is 1. The second kappa shape index (κ2) is 4.58. The summed E-state index contributed by atoms with van der Waals surface area (Å²) in [5.41, 5.74) is 3.20. The van der Waals surface area contributed by atoms with Gasteiger partial charge in [-0.3, -0.25) is 4.57 Å². The third-order valence-corrected chi connectivity index (χ3v) is 3.76. The van der Waals surface area contributed by atoms with E-state index in [1.165, 1.54) is 6.07 Å². The highest BCUT2D eigenvalue weighted by Crippen LogP contribution is 2.24. The predicted octanol–water partition coefficient (Wildman–Crippen LogP) is 4.90. The molecule has 0 fully saturated rings. The quantitative estimate of drug-likeness (QED) is 0.627. The Morgan fingerprint density at radius 3 is 2.79 bits per heavy atom. The fraction of sp³-hybridized carbons (Fsp3) is 0.0714. The maximum Gasteiger partial charge on any atom is 0.182 e. The number of aromatic nitrogens is 2. The largest absolute Gasteiger partial charge is 0.330 e. The molecule has 0 aliphatic rings. The number of rotatable bonds is 1. The first kappa shape index (κ1) is 12.6. The first-order chi connectivity index (χ1) is 9.06. The molecule has 0 bridgehead atoms. The molecule has 0 saturated carbocycles. The van der Waals surface area contributed by atoms with Gasteiger partial charge in [0.05, 0.1) is 16.7 Å². The molecule has 19 heavy (non-hydrogen) atoms. The number of aromatic amines is 1. The van der Waals surface area contributed by atoms with Crippen LogP contribution in [0.4, 0.5) is 4.39 Å². The minimum atomic E-state index is -0.287. The Morgan fingerprint density at radius 1 is 1.21 bits per heavy atom. The second-order valence-corrected chi connectivity index (χ2v) is 5.68. The Kier molecular flexibility index (Phi) is 3.03. The van der Waals surface area contributed by atoms with Gasteiger partial charge in [0.2, 0.25) is 0 Å². The van der Waals surface area contributed by atoms with Crippen LogP contribution < -0.4 is 0 Å². The lowest BCUT2D eigenvalue weighted by molar-refractivity contribution is 0.618. The number of hydrogen-bond acceptors (Lipinski definition) is 1. The maximum atomic E-state index is 14.0. The Bertz CT molecular complexity index is 835. The highest BCUT2D eigenvalue weighted by atomic mass is 79.9. The standard InChI is InChI=1S/C14H10BrFN2S/c1-8-2-4-10(16)13(6-8)18-12-5-3-9(15)7-11(12)17-14(18)19/h2-7H,1H3,(H,17,19). The van der Waals surface area contributed by atoms with E-state index in [-0.39, 0.29) is 5.82 Å². The van der Waals surface area contributed by atoms with E-state index in [1.54, 1.807) is 16.7 Å². The lowest BCUT2D eigenvalue weighted by atomic mass is 10.2. The molecule has 3 aromatic rings. The van der Waals surface area contributed by atoms with Gasteiger partial charge >= 0.3 is 0 Å². The summed E-state index contributed by atoms with van der Waals surface area (Å²) in [7, 11) is 0. The van der Waals surface area contributed by atoms with Gasteiger partial charge in [0, 0.05) is 4.47 Å². The van der Waals surface area contributed by atoms with Gasteiger partial charge in [-0.2, -0.15) is 0 Å². The maximum absolute atomic E-state index is 14.0. The van der Waals surface area contributed by atoms with Gasteiger partial charge in [0.25, 0.3) is 0 Å². The number of halogens is 2. The second-order valence-electron chi connectivity index (χ2n) is 4.38. The van der Waals surface area contributed by atoms with Gasteiger partial charge in [0.15, 0.2) is 4.77 Å². The molecule has 3 rings (SSSR count). The monoisotopic (exact) mass is 336 g/mol. The molecule has 2 nitrogen and oxygen atoms in total. The van der Waals surface area contributed by atoms with Crippen molar-refractivity contribution >= 4 is 39.2 Å². The molecule has 0 spiro atoms. The van der Waals surface area contributed by atoms with E-state index >= 15 is 0 Å². The van der Waals surface area contributed by atoms with Crippen LogP contribution >= 0.6 is 28.1 Å². The average Bonchev–Trinajstić information content (AvgIpc) is 2.67. The minimum absolute atomic E-state index is 0.287. The number of imidazole rings is 1. The van der Waals surface area contributed by atoms with Crippen LogP contribution in [0.1, 0.15) is 5.56 Å². The normalized spacial score (nSPS) is 11.1. The van der Waals surface area contributed by atoms with E-state index in [4.69, 9.17) is 12.2 Å². The molecule has 0 unspecified atom stereocenters. The molecule has 0 aliphatic heterocycles. The van der Waals surface area contributed by atoms with E-state index in [2.05, 4.69) is 20.9 Å². The molecule has 0 atom stereocenters. The number of H-pyrrole nitrogens is 1. The SMILES string of the molecule is Cc1ccc(F)c(-n2c(=S)[nH]c3cc(Br)ccc32)c1. The number of aryl methyl sites for hydroxylation is 1. The van der Waals surface area contributed by atoms with Crippen LogP contribution in [0.5, 0.6) is 0 Å². The van der Waals surface area contributed by atoms with Crippen LogP contribution in [0.25, 0.3) is 16.7 Å². The smallest absolute Gasteiger partial charge is 0.182 e. The zero-order chi connectivity index (χ0) is 13.6. The Balaban J connectivity index is 2.39. The summed E-state index contributed by atoms with van der Waals surface area (Å²) in [6.45, 7) is 1.93. The van der Waals surface area contributed by atoms with E-state index < -0.39 is 0 Å². The van der Waals surface area contributed by atoms with Crippen LogP contribution in [0.2, 0.25) is 0 Å². The molecule has 0 saturated heterocycles. The summed E-state index contributed by atoms with van der Waals surface area (Å²) in [6, 6.07) is 10.7. The van der Waals surface area contributed by atoms with Crippen molar-refractivity contribution in [3.8, 4) is 5.69 Å². The van der Waals surface area contributed by atoms with Crippen molar-refractivity contribution in [3.63, 3.8) is 0 Å². The molecule has 1 aromatic heterocycles. The fourth-order valence-corrected chi connectivity index (χ4v) is 2.78. The highest BCUT2D eigenvalue weighted by Gasteiger charge is 2.11.